The van der Waals surface area contributed by atoms with Crippen LogP contribution in [0.15, 0.2) is 47.4 Å². The summed E-state index contributed by atoms with van der Waals surface area (Å²) in [5, 5.41) is 9.90. The highest BCUT2D eigenvalue weighted by atomic mass is 32.1. The Balaban J connectivity index is 1.38. The number of anilines is 1. The van der Waals surface area contributed by atoms with Crippen molar-refractivity contribution in [2.75, 3.05) is 5.32 Å². The number of benzene rings is 1. The fraction of sp³-hybridized carbons (Fsp3) is 0.444. The van der Waals surface area contributed by atoms with Crippen LogP contribution < -0.4 is 21.5 Å². The van der Waals surface area contributed by atoms with E-state index in [9.17, 15) is 9.59 Å². The Kier molecular flexibility index (Phi) is 6.27. The Bertz CT molecular complexity index is 1270. The first-order chi connectivity index (χ1) is 16.7. The van der Waals surface area contributed by atoms with E-state index < -0.39 is 6.04 Å². The first-order valence-corrected chi connectivity index (χ1v) is 13.1. The van der Waals surface area contributed by atoms with E-state index in [0.717, 1.165) is 29.2 Å². The maximum absolute atomic E-state index is 13.6. The van der Waals surface area contributed by atoms with E-state index in [1.54, 1.807) is 22.1 Å². The number of fused-ring (bicyclic) bond motifs is 2. The molecule has 2 aromatic heterocycles. The van der Waals surface area contributed by atoms with E-state index in [0.29, 0.717) is 12.8 Å². The minimum Gasteiger partial charge on any atom is -0.358 e. The summed E-state index contributed by atoms with van der Waals surface area (Å²) in [6, 6.07) is 11.6. The highest BCUT2D eigenvalue weighted by molar-refractivity contribution is 7.12. The number of hydrogen-bond donors (Lipinski definition) is 3. The first kappa shape index (κ1) is 23.8. The summed E-state index contributed by atoms with van der Waals surface area (Å²) in [7, 11) is 0. The van der Waals surface area contributed by atoms with Gasteiger partial charge in [-0.05, 0) is 42.4 Å². The summed E-state index contributed by atoms with van der Waals surface area (Å²) >= 11 is 1.75. The number of nitrogens with zero attached hydrogens (tertiary/aromatic N) is 2. The van der Waals surface area contributed by atoms with E-state index in [1.807, 2.05) is 25.1 Å². The number of thiophene rings is 1. The van der Waals surface area contributed by atoms with Gasteiger partial charge in [0.15, 0.2) is 5.82 Å². The van der Waals surface area contributed by atoms with E-state index >= 15 is 0 Å². The molecule has 5 rings (SSSR count). The molecule has 2 aliphatic rings. The van der Waals surface area contributed by atoms with E-state index in [-0.39, 0.29) is 34.8 Å². The van der Waals surface area contributed by atoms with Gasteiger partial charge in [-0.15, -0.1) is 11.3 Å². The van der Waals surface area contributed by atoms with Crippen LogP contribution in [0, 0.1) is 5.41 Å². The Morgan fingerprint density at radius 3 is 2.71 bits per heavy atom. The minimum atomic E-state index is -0.526. The van der Waals surface area contributed by atoms with E-state index in [2.05, 4.69) is 59.9 Å². The average molecular weight is 492 g/mol. The first-order valence-electron chi connectivity index (χ1n) is 12.3. The molecule has 7 nitrogen and oxygen atoms in total. The average Bonchev–Trinajstić information content (AvgIpc) is 3.53. The van der Waals surface area contributed by atoms with Crippen molar-refractivity contribution in [3.05, 3.63) is 79.5 Å². The molecule has 0 aliphatic carbocycles. The predicted molar refractivity (Wildman–Crippen MR) is 140 cm³/mol. The predicted octanol–water partition coefficient (Wildman–Crippen LogP) is 4.47. The summed E-state index contributed by atoms with van der Waals surface area (Å²) in [6.07, 6.45) is 3.00. The van der Waals surface area contributed by atoms with Gasteiger partial charge in [0.2, 0.25) is 5.91 Å². The quantitative estimate of drug-likeness (QED) is 0.474. The number of hydrogen-bond acceptors (Lipinski definition) is 6. The van der Waals surface area contributed by atoms with Gasteiger partial charge in [-0.1, -0.05) is 51.1 Å². The van der Waals surface area contributed by atoms with Crippen molar-refractivity contribution < 1.29 is 4.79 Å². The second-order valence-corrected chi connectivity index (χ2v) is 11.8. The lowest BCUT2D eigenvalue weighted by Gasteiger charge is -2.32. The van der Waals surface area contributed by atoms with Crippen LogP contribution in [0.3, 0.4) is 0 Å². The molecule has 1 amide bonds. The van der Waals surface area contributed by atoms with Gasteiger partial charge >= 0.3 is 0 Å². The molecule has 0 bridgehead atoms. The molecule has 0 spiro atoms. The second kappa shape index (κ2) is 9.24. The number of carbonyl (C=O) groups is 1. The number of carbonyl (C=O) groups excluding carboxylic acids is 1. The van der Waals surface area contributed by atoms with Gasteiger partial charge < -0.3 is 16.0 Å². The summed E-state index contributed by atoms with van der Waals surface area (Å²) in [5.41, 5.74) is 2.83. The molecule has 3 atom stereocenters. The largest absolute Gasteiger partial charge is 0.358 e. The van der Waals surface area contributed by atoms with Crippen molar-refractivity contribution in [2.24, 2.45) is 5.41 Å². The number of nitrogens with one attached hydrogen (secondary N) is 3. The molecule has 3 aromatic rings. The van der Waals surface area contributed by atoms with Gasteiger partial charge in [0, 0.05) is 34.7 Å². The summed E-state index contributed by atoms with van der Waals surface area (Å²) in [5.74, 6) is 0.171. The molecule has 0 fully saturated rings. The smallest absolute Gasteiger partial charge is 0.294 e. The molecule has 0 unspecified atom stereocenters. The molecular weight excluding hydrogens is 458 g/mol. The third kappa shape index (κ3) is 4.65. The van der Waals surface area contributed by atoms with Crippen molar-refractivity contribution in [3.8, 4) is 0 Å². The molecule has 35 heavy (non-hydrogen) atoms. The standard InChI is InChI=1S/C27H33N5O2S/c1-16(21-12-18-13-28-15-22(18)35-21)30-25(33)20-11-10-19-14-29-24(26(34)32(19)20)31-23(27(2,3)4)17-8-6-5-7-9-17/h5-9,12,14,16,20,23,28H,10-11,13,15H2,1-4H3,(H,29,31)(H,30,33)/t16-,20+,23+/m1/s1. The lowest BCUT2D eigenvalue weighted by Crippen LogP contribution is -2.38. The highest BCUT2D eigenvalue weighted by Crippen LogP contribution is 2.35. The Morgan fingerprint density at radius 2 is 2.00 bits per heavy atom. The van der Waals surface area contributed by atoms with Gasteiger partial charge in [-0.3, -0.25) is 14.2 Å². The molecule has 1 aromatic carbocycles. The zero-order valence-corrected chi connectivity index (χ0v) is 21.5. The van der Waals surface area contributed by atoms with Crippen LogP contribution in [0.5, 0.6) is 0 Å². The third-order valence-electron chi connectivity index (χ3n) is 6.94. The van der Waals surface area contributed by atoms with Gasteiger partial charge in [0.25, 0.3) is 5.56 Å². The summed E-state index contributed by atoms with van der Waals surface area (Å²) < 4.78 is 1.64. The minimum absolute atomic E-state index is 0.0966. The van der Waals surface area contributed by atoms with Crippen LogP contribution in [0.4, 0.5) is 5.82 Å². The molecule has 8 heteroatoms. The molecule has 0 saturated heterocycles. The summed E-state index contributed by atoms with van der Waals surface area (Å²) in [4.78, 5) is 33.9. The van der Waals surface area contributed by atoms with Gasteiger partial charge in [0.05, 0.1) is 12.1 Å². The van der Waals surface area contributed by atoms with Crippen molar-refractivity contribution >= 4 is 23.1 Å². The number of aromatic nitrogens is 2. The fourth-order valence-corrected chi connectivity index (χ4v) is 6.22. The fourth-order valence-electron chi connectivity index (χ4n) is 5.06. The van der Waals surface area contributed by atoms with Gasteiger partial charge in [-0.25, -0.2) is 4.98 Å². The van der Waals surface area contributed by atoms with E-state index in [1.165, 1.54) is 10.4 Å². The van der Waals surface area contributed by atoms with Crippen molar-refractivity contribution in [3.63, 3.8) is 0 Å². The van der Waals surface area contributed by atoms with Crippen molar-refractivity contribution in [1.82, 2.24) is 20.2 Å². The lowest BCUT2D eigenvalue weighted by atomic mass is 9.82. The maximum atomic E-state index is 13.6. The zero-order valence-electron chi connectivity index (χ0n) is 20.7. The Hall–Kier alpha value is -2.97. The Morgan fingerprint density at radius 1 is 1.23 bits per heavy atom. The number of amides is 1. The second-order valence-electron chi connectivity index (χ2n) is 10.6. The molecule has 0 saturated carbocycles. The highest BCUT2D eigenvalue weighted by Gasteiger charge is 2.33. The van der Waals surface area contributed by atoms with E-state index in [4.69, 9.17) is 0 Å². The monoisotopic (exact) mass is 491 g/mol. The maximum Gasteiger partial charge on any atom is 0.294 e. The molecule has 2 aliphatic heterocycles. The Labute approximate surface area is 210 Å². The number of rotatable bonds is 6. The summed E-state index contributed by atoms with van der Waals surface area (Å²) in [6.45, 7) is 10.2. The molecule has 4 heterocycles. The van der Waals surface area contributed by atoms with Crippen LogP contribution in [-0.2, 0) is 24.3 Å². The van der Waals surface area contributed by atoms with Crippen LogP contribution in [0.25, 0.3) is 0 Å². The van der Waals surface area contributed by atoms with Crippen LogP contribution in [-0.4, -0.2) is 15.5 Å². The SMILES string of the molecule is C[C@@H](NC(=O)[C@@H]1CCc2cnc(N[C@@H](c3ccccc3)C(C)(C)C)c(=O)n21)c1cc2c(s1)CNC2. The lowest BCUT2D eigenvalue weighted by molar-refractivity contribution is -0.124. The van der Waals surface area contributed by atoms with Crippen LogP contribution in [0.2, 0.25) is 0 Å². The third-order valence-corrected chi connectivity index (χ3v) is 8.30. The topological polar surface area (TPSA) is 88.1 Å². The van der Waals surface area contributed by atoms with Gasteiger partial charge in [-0.2, -0.15) is 0 Å². The van der Waals surface area contributed by atoms with Crippen LogP contribution >= 0.6 is 11.3 Å². The van der Waals surface area contributed by atoms with Gasteiger partial charge in [0.1, 0.15) is 6.04 Å². The number of aryl methyl sites for hydroxylation is 1. The zero-order chi connectivity index (χ0) is 24.7. The molecule has 3 N–H and O–H groups in total. The molecule has 184 valence electrons. The normalized spacial score (nSPS) is 18.6. The van der Waals surface area contributed by atoms with Crippen LogP contribution in [0.1, 0.15) is 78.8 Å². The van der Waals surface area contributed by atoms with Crippen molar-refractivity contribution in [1.29, 1.82) is 0 Å². The molecular formula is C27H33N5O2S. The molecule has 0 radical (unpaired) electrons. The van der Waals surface area contributed by atoms with Crippen molar-refractivity contribution in [2.45, 2.75) is 71.8 Å².